The Hall–Kier alpha value is -4.96. The molecule has 6 rings (SSSR count). The van der Waals surface area contributed by atoms with Crippen LogP contribution in [0.4, 0.5) is 0 Å². The molecule has 0 amide bonds. The van der Waals surface area contributed by atoms with Crippen molar-refractivity contribution < 1.29 is 76.3 Å². The molecule has 0 unspecified atom stereocenters. The molecule has 0 aromatic carbocycles. The molecule has 4 heterocycles. The first kappa shape index (κ1) is 38.8. The van der Waals surface area contributed by atoms with Crippen molar-refractivity contribution in [1.82, 2.24) is 0 Å². The quantitative estimate of drug-likeness (QED) is 0.224. The zero-order chi connectivity index (χ0) is 39.7. The number of carbonyl (C=O) groups excluding carboxylic acids is 8. The number of fused-ring (bicyclic) bond motifs is 2. The predicted octanol–water partition coefficient (Wildman–Crippen LogP) is 2.79. The van der Waals surface area contributed by atoms with E-state index in [0.29, 0.717) is 25.7 Å². The third-order valence-corrected chi connectivity index (χ3v) is 10.5. The van der Waals surface area contributed by atoms with Crippen LogP contribution in [0.1, 0.15) is 93.9 Å². The lowest BCUT2D eigenvalue weighted by Gasteiger charge is -2.50. The smallest absolute Gasteiger partial charge is 0.304 e. The van der Waals surface area contributed by atoms with Gasteiger partial charge in [0.25, 0.3) is 11.6 Å². The first-order valence-electron chi connectivity index (χ1n) is 17.7. The minimum Gasteiger partial charge on any atom is -0.465 e. The standard InChI is InChI=1S/C38H42O16/c1-17-11-9-13-37(51-17)33(49-19(3)39)25-23(15-47-37)29(43)35(7,53-21(5)41)31(45)27(25)28-26-24(30(44)36(8,32(28)46)54-22(6)42)16-48-38(34(26)50-20(4)40)14-10-12-18(2)52-38/h15-18,33-34H,9-14H2,1-8H3/t17-,18-,33-,34-,35+,36+,37-,38-/m1/s1. The van der Waals surface area contributed by atoms with Gasteiger partial charge < -0.3 is 37.9 Å². The molecule has 0 N–H and O–H groups in total. The molecule has 0 aromatic heterocycles. The molecule has 6 aliphatic rings. The van der Waals surface area contributed by atoms with E-state index in [9.17, 15) is 28.8 Å². The highest BCUT2D eigenvalue weighted by Gasteiger charge is 2.66. The molecule has 2 fully saturated rings. The maximum absolute atomic E-state index is 15.2. The SMILES string of the molecule is CC(=O)O[C@@H]1C2=C(C3=C4C(=CO[C@@]5(CCC[C@@H](C)O5)[C@@H]4OC(C)=O)C(=O)[C@](C)(OC(C)=O)C3=O)C(=O)[C@@](C)(OC(C)=O)C(=O)C2=CO[C@@]12CCC[C@@H](C)O2. The van der Waals surface area contributed by atoms with Gasteiger partial charge in [-0.2, -0.15) is 0 Å². The second-order valence-electron chi connectivity index (χ2n) is 14.7. The minimum absolute atomic E-state index is 0.0901. The molecule has 4 aliphatic heterocycles. The van der Waals surface area contributed by atoms with E-state index in [2.05, 4.69) is 0 Å². The first-order valence-corrected chi connectivity index (χ1v) is 17.7. The summed E-state index contributed by atoms with van der Waals surface area (Å²) in [5.41, 5.74) is -8.18. The summed E-state index contributed by atoms with van der Waals surface area (Å²) in [6.07, 6.45) is -0.0435. The summed E-state index contributed by atoms with van der Waals surface area (Å²) < 4.78 is 47.4. The summed E-state index contributed by atoms with van der Waals surface area (Å²) in [4.78, 5) is 110. The van der Waals surface area contributed by atoms with Crippen LogP contribution < -0.4 is 0 Å². The Morgan fingerprint density at radius 1 is 0.593 bits per heavy atom. The van der Waals surface area contributed by atoms with E-state index in [1.165, 1.54) is 0 Å². The summed E-state index contributed by atoms with van der Waals surface area (Å²) in [6, 6.07) is 0. The first-order chi connectivity index (χ1) is 25.2. The predicted molar refractivity (Wildman–Crippen MR) is 178 cm³/mol. The van der Waals surface area contributed by atoms with Crippen LogP contribution in [0, 0.1) is 0 Å². The Kier molecular flexibility index (Phi) is 9.62. The molecule has 8 atom stereocenters. The molecule has 2 aliphatic carbocycles. The van der Waals surface area contributed by atoms with Crippen molar-refractivity contribution in [1.29, 1.82) is 0 Å². The second-order valence-corrected chi connectivity index (χ2v) is 14.7. The fourth-order valence-corrected chi connectivity index (χ4v) is 8.25. The summed E-state index contributed by atoms with van der Waals surface area (Å²) in [5.74, 6) is -12.2. The van der Waals surface area contributed by atoms with E-state index in [-0.39, 0.29) is 24.0 Å². The molecule has 290 valence electrons. The number of ether oxygens (including phenoxy) is 8. The molecular formula is C38H42O16. The van der Waals surface area contributed by atoms with E-state index < -0.39 is 116 Å². The van der Waals surface area contributed by atoms with Gasteiger partial charge in [-0.1, -0.05) is 0 Å². The van der Waals surface area contributed by atoms with E-state index >= 15 is 9.59 Å². The van der Waals surface area contributed by atoms with Gasteiger partial charge in [0.2, 0.25) is 34.3 Å². The number of esters is 4. The normalized spacial score (nSPS) is 36.3. The van der Waals surface area contributed by atoms with Crippen LogP contribution in [-0.4, -0.2) is 94.2 Å². The highest BCUT2D eigenvalue weighted by atomic mass is 16.7. The molecule has 0 aromatic rings. The summed E-state index contributed by atoms with van der Waals surface area (Å²) >= 11 is 0. The Morgan fingerprint density at radius 2 is 0.944 bits per heavy atom. The van der Waals surface area contributed by atoms with Crippen molar-refractivity contribution in [3.8, 4) is 0 Å². The highest BCUT2D eigenvalue weighted by Crippen LogP contribution is 2.53. The van der Waals surface area contributed by atoms with Crippen LogP contribution in [0.5, 0.6) is 0 Å². The largest absolute Gasteiger partial charge is 0.465 e. The van der Waals surface area contributed by atoms with Crippen molar-refractivity contribution in [2.24, 2.45) is 0 Å². The number of hydrogen-bond acceptors (Lipinski definition) is 16. The number of rotatable bonds is 5. The van der Waals surface area contributed by atoms with Crippen LogP contribution in [0.25, 0.3) is 0 Å². The number of Topliss-reactive ketones (excluding diaryl/α,β-unsaturated/α-hetero) is 4. The van der Waals surface area contributed by atoms with Gasteiger partial charge in [-0.25, -0.2) is 0 Å². The zero-order valence-corrected chi connectivity index (χ0v) is 31.2. The third-order valence-electron chi connectivity index (χ3n) is 10.5. The monoisotopic (exact) mass is 754 g/mol. The van der Waals surface area contributed by atoms with Crippen molar-refractivity contribution in [3.63, 3.8) is 0 Å². The lowest BCUT2D eigenvalue weighted by atomic mass is 9.64. The number of hydrogen-bond donors (Lipinski definition) is 0. The Bertz CT molecular complexity index is 1780. The van der Waals surface area contributed by atoms with Crippen LogP contribution in [0.3, 0.4) is 0 Å². The van der Waals surface area contributed by atoms with E-state index in [1.54, 1.807) is 13.8 Å². The van der Waals surface area contributed by atoms with Crippen molar-refractivity contribution in [2.45, 2.75) is 141 Å². The molecule has 0 bridgehead atoms. The topological polar surface area (TPSA) is 210 Å². The Morgan fingerprint density at radius 3 is 1.24 bits per heavy atom. The lowest BCUT2D eigenvalue weighted by Crippen LogP contribution is -2.63. The maximum atomic E-state index is 15.2. The Balaban J connectivity index is 1.80. The average Bonchev–Trinajstić information content (AvgIpc) is 3.06. The summed E-state index contributed by atoms with van der Waals surface area (Å²) in [6.45, 7) is 9.64. The van der Waals surface area contributed by atoms with E-state index in [0.717, 1.165) is 54.1 Å². The maximum Gasteiger partial charge on any atom is 0.304 e. The van der Waals surface area contributed by atoms with E-state index in [1.807, 2.05) is 0 Å². The van der Waals surface area contributed by atoms with Crippen LogP contribution in [0.15, 0.2) is 46.0 Å². The third kappa shape index (κ3) is 5.99. The van der Waals surface area contributed by atoms with Crippen molar-refractivity contribution >= 4 is 47.0 Å². The molecule has 0 radical (unpaired) electrons. The molecule has 16 heteroatoms. The van der Waals surface area contributed by atoms with Gasteiger partial charge in [0.05, 0.1) is 35.9 Å². The minimum atomic E-state index is -2.65. The molecular weight excluding hydrogens is 712 g/mol. The van der Waals surface area contributed by atoms with Gasteiger partial charge in [0.1, 0.15) is 0 Å². The molecule has 2 saturated heterocycles. The van der Waals surface area contributed by atoms with Gasteiger partial charge in [-0.3, -0.25) is 38.4 Å². The second kappa shape index (κ2) is 13.4. The molecule has 54 heavy (non-hydrogen) atoms. The Labute approximate surface area is 310 Å². The van der Waals surface area contributed by atoms with Crippen molar-refractivity contribution in [2.75, 3.05) is 0 Å². The molecule has 16 nitrogen and oxygen atoms in total. The van der Waals surface area contributed by atoms with Crippen LogP contribution in [0.2, 0.25) is 0 Å². The van der Waals surface area contributed by atoms with Gasteiger partial charge in [0.15, 0.2) is 12.2 Å². The number of ketones is 4. The van der Waals surface area contributed by atoms with Gasteiger partial charge in [0, 0.05) is 62.8 Å². The van der Waals surface area contributed by atoms with Gasteiger partial charge in [-0.15, -0.1) is 0 Å². The average molecular weight is 755 g/mol. The van der Waals surface area contributed by atoms with Crippen LogP contribution >= 0.6 is 0 Å². The van der Waals surface area contributed by atoms with Crippen LogP contribution in [-0.2, 0) is 76.3 Å². The molecule has 0 saturated carbocycles. The zero-order valence-electron chi connectivity index (χ0n) is 31.2. The highest BCUT2D eigenvalue weighted by molar-refractivity contribution is 6.37. The fourth-order valence-electron chi connectivity index (χ4n) is 8.25. The van der Waals surface area contributed by atoms with Gasteiger partial charge in [-0.05, 0) is 53.4 Å². The van der Waals surface area contributed by atoms with Crippen molar-refractivity contribution in [3.05, 3.63) is 46.0 Å². The number of carbonyl (C=O) groups is 8. The van der Waals surface area contributed by atoms with E-state index in [4.69, 9.17) is 37.9 Å². The fraction of sp³-hybridized carbons (Fsp3) is 0.579. The summed E-state index contributed by atoms with van der Waals surface area (Å²) in [7, 11) is 0. The van der Waals surface area contributed by atoms with Gasteiger partial charge >= 0.3 is 23.9 Å². The summed E-state index contributed by atoms with van der Waals surface area (Å²) in [5, 5.41) is 0. The lowest BCUT2D eigenvalue weighted by molar-refractivity contribution is -0.294. The molecule has 2 spiro atoms.